The lowest BCUT2D eigenvalue weighted by Crippen LogP contribution is -2.43. The molecule has 0 saturated carbocycles. The van der Waals surface area contributed by atoms with Crippen LogP contribution < -0.4 is 15.8 Å². The monoisotopic (exact) mass is 246 g/mol. The summed E-state index contributed by atoms with van der Waals surface area (Å²) in [6.45, 7) is 3.74. The van der Waals surface area contributed by atoms with Gasteiger partial charge in [-0.2, -0.15) is 0 Å². The van der Waals surface area contributed by atoms with Gasteiger partial charge in [0.25, 0.3) is 0 Å². The minimum absolute atomic E-state index is 0.0342. The first-order valence-electron chi connectivity index (χ1n) is 5.96. The summed E-state index contributed by atoms with van der Waals surface area (Å²) in [5.41, 5.74) is 0.909. The van der Waals surface area contributed by atoms with Crippen molar-refractivity contribution in [2.75, 3.05) is 31.1 Å². The number of fused-ring (bicyclic) bond motifs is 1. The standard InChI is InChI=1S/C13H14N2O3/c16-11-8-13(17)18-12-7-9(1-2-10(11)12)15-5-3-14-4-6-15/h1-2,7-8,14,16H,3-6H2. The maximum atomic E-state index is 11.2. The summed E-state index contributed by atoms with van der Waals surface area (Å²) >= 11 is 0. The lowest BCUT2D eigenvalue weighted by Gasteiger charge is -2.29. The highest BCUT2D eigenvalue weighted by molar-refractivity contribution is 5.85. The molecule has 0 atom stereocenters. The van der Waals surface area contributed by atoms with Crippen LogP contribution in [0.25, 0.3) is 11.0 Å². The summed E-state index contributed by atoms with van der Waals surface area (Å²) in [5.74, 6) is -0.0342. The molecule has 0 unspecified atom stereocenters. The Labute approximate surface area is 104 Å². The van der Waals surface area contributed by atoms with E-state index in [9.17, 15) is 9.90 Å². The van der Waals surface area contributed by atoms with Gasteiger partial charge in [0, 0.05) is 37.9 Å². The van der Waals surface area contributed by atoms with Crippen molar-refractivity contribution in [2.45, 2.75) is 0 Å². The van der Waals surface area contributed by atoms with Crippen molar-refractivity contribution in [1.29, 1.82) is 0 Å². The SMILES string of the molecule is O=c1cc(O)c2ccc(N3CCNCC3)cc2o1. The van der Waals surface area contributed by atoms with Crippen LogP contribution >= 0.6 is 0 Å². The Bertz CT molecular complexity index is 630. The molecule has 5 nitrogen and oxygen atoms in total. The highest BCUT2D eigenvalue weighted by Crippen LogP contribution is 2.26. The predicted octanol–water partition coefficient (Wildman–Crippen LogP) is 0.908. The minimum atomic E-state index is -0.530. The summed E-state index contributed by atoms with van der Waals surface area (Å²) in [6.07, 6.45) is 0. The molecular weight excluding hydrogens is 232 g/mol. The Morgan fingerprint density at radius 2 is 2.00 bits per heavy atom. The van der Waals surface area contributed by atoms with Crippen LogP contribution in [0.1, 0.15) is 0 Å². The van der Waals surface area contributed by atoms with E-state index in [1.54, 1.807) is 6.07 Å². The summed E-state index contributed by atoms with van der Waals surface area (Å²) in [4.78, 5) is 13.5. The van der Waals surface area contributed by atoms with Crippen LogP contribution in [0, 0.1) is 0 Å². The maximum Gasteiger partial charge on any atom is 0.339 e. The molecule has 1 fully saturated rings. The highest BCUT2D eigenvalue weighted by Gasteiger charge is 2.12. The molecule has 0 amide bonds. The molecule has 1 aromatic carbocycles. The Kier molecular flexibility index (Phi) is 2.68. The second kappa shape index (κ2) is 4.34. The van der Waals surface area contributed by atoms with Crippen molar-refractivity contribution in [1.82, 2.24) is 5.32 Å². The molecule has 1 aromatic heterocycles. The van der Waals surface area contributed by atoms with E-state index in [1.165, 1.54) is 0 Å². The van der Waals surface area contributed by atoms with Crippen molar-refractivity contribution in [2.24, 2.45) is 0 Å². The van der Waals surface area contributed by atoms with E-state index in [1.807, 2.05) is 12.1 Å². The number of benzene rings is 1. The second-order valence-electron chi connectivity index (χ2n) is 4.37. The Balaban J connectivity index is 2.07. The van der Waals surface area contributed by atoms with E-state index in [4.69, 9.17) is 4.42 Å². The lowest BCUT2D eigenvalue weighted by molar-refractivity contribution is 0.468. The summed E-state index contributed by atoms with van der Waals surface area (Å²) in [5, 5.41) is 13.5. The van der Waals surface area contributed by atoms with Crippen molar-refractivity contribution in [3.05, 3.63) is 34.7 Å². The quantitative estimate of drug-likeness (QED) is 0.732. The first-order chi connectivity index (χ1) is 8.74. The van der Waals surface area contributed by atoms with E-state index in [-0.39, 0.29) is 5.75 Å². The Morgan fingerprint density at radius 3 is 2.78 bits per heavy atom. The van der Waals surface area contributed by atoms with Gasteiger partial charge in [-0.3, -0.25) is 0 Å². The number of rotatable bonds is 1. The maximum absolute atomic E-state index is 11.2. The number of hydrogen-bond donors (Lipinski definition) is 2. The molecule has 1 aliphatic rings. The first kappa shape index (κ1) is 11.1. The number of nitrogens with zero attached hydrogens (tertiary/aromatic N) is 1. The Morgan fingerprint density at radius 1 is 1.22 bits per heavy atom. The number of piperazine rings is 1. The molecule has 94 valence electrons. The fourth-order valence-electron chi connectivity index (χ4n) is 2.25. The van der Waals surface area contributed by atoms with Crippen LogP contribution in [-0.4, -0.2) is 31.3 Å². The van der Waals surface area contributed by atoms with E-state index in [0.717, 1.165) is 37.9 Å². The highest BCUT2D eigenvalue weighted by atomic mass is 16.4. The smallest absolute Gasteiger partial charge is 0.339 e. The molecule has 1 saturated heterocycles. The van der Waals surface area contributed by atoms with Gasteiger partial charge in [-0.15, -0.1) is 0 Å². The van der Waals surface area contributed by atoms with Gasteiger partial charge in [0.15, 0.2) is 0 Å². The number of anilines is 1. The molecule has 2 aromatic rings. The van der Waals surface area contributed by atoms with E-state index < -0.39 is 5.63 Å². The molecule has 18 heavy (non-hydrogen) atoms. The van der Waals surface area contributed by atoms with Gasteiger partial charge in [-0.05, 0) is 12.1 Å². The zero-order valence-electron chi connectivity index (χ0n) is 9.85. The molecule has 5 heteroatoms. The average Bonchev–Trinajstić information content (AvgIpc) is 2.39. The summed E-state index contributed by atoms with van der Waals surface area (Å²) < 4.78 is 5.12. The molecule has 0 spiro atoms. The molecule has 2 N–H and O–H groups in total. The van der Waals surface area contributed by atoms with Crippen molar-refractivity contribution in [3.8, 4) is 5.75 Å². The van der Waals surface area contributed by atoms with Gasteiger partial charge in [0.1, 0.15) is 11.3 Å². The Hall–Kier alpha value is -2.01. The van der Waals surface area contributed by atoms with Gasteiger partial charge in [-0.1, -0.05) is 0 Å². The first-order valence-corrected chi connectivity index (χ1v) is 5.96. The fourth-order valence-corrected chi connectivity index (χ4v) is 2.25. The molecule has 1 aliphatic heterocycles. The third kappa shape index (κ3) is 1.93. The summed E-state index contributed by atoms with van der Waals surface area (Å²) in [7, 11) is 0. The fraction of sp³-hybridized carbons (Fsp3) is 0.308. The average molecular weight is 246 g/mol. The van der Waals surface area contributed by atoms with Gasteiger partial charge in [0.2, 0.25) is 0 Å². The lowest BCUT2D eigenvalue weighted by atomic mass is 10.2. The summed E-state index contributed by atoms with van der Waals surface area (Å²) in [6, 6.07) is 6.62. The molecule has 0 bridgehead atoms. The van der Waals surface area contributed by atoms with Crippen LogP contribution in [0.5, 0.6) is 5.75 Å². The molecule has 0 aliphatic carbocycles. The van der Waals surface area contributed by atoms with Crippen molar-refractivity contribution < 1.29 is 9.52 Å². The number of aromatic hydroxyl groups is 1. The number of hydrogen-bond acceptors (Lipinski definition) is 5. The van der Waals surface area contributed by atoms with Gasteiger partial charge in [-0.25, -0.2) is 4.79 Å². The van der Waals surface area contributed by atoms with Gasteiger partial charge in [0.05, 0.1) is 11.5 Å². The predicted molar refractivity (Wildman–Crippen MR) is 69.2 cm³/mol. The molecule has 0 radical (unpaired) electrons. The molecule has 3 rings (SSSR count). The van der Waals surface area contributed by atoms with Crippen LogP contribution in [0.15, 0.2) is 33.5 Å². The molecular formula is C13H14N2O3. The largest absolute Gasteiger partial charge is 0.507 e. The normalized spacial score (nSPS) is 16.1. The van der Waals surface area contributed by atoms with Crippen LogP contribution in [0.4, 0.5) is 5.69 Å². The number of nitrogens with one attached hydrogen (secondary N) is 1. The van der Waals surface area contributed by atoms with E-state index >= 15 is 0 Å². The third-order valence-electron chi connectivity index (χ3n) is 3.19. The van der Waals surface area contributed by atoms with Crippen LogP contribution in [-0.2, 0) is 0 Å². The van der Waals surface area contributed by atoms with Gasteiger partial charge < -0.3 is 19.7 Å². The van der Waals surface area contributed by atoms with Crippen molar-refractivity contribution >= 4 is 16.7 Å². The van der Waals surface area contributed by atoms with E-state index in [2.05, 4.69) is 10.2 Å². The van der Waals surface area contributed by atoms with Crippen molar-refractivity contribution in [3.63, 3.8) is 0 Å². The second-order valence-corrected chi connectivity index (χ2v) is 4.37. The van der Waals surface area contributed by atoms with E-state index in [0.29, 0.717) is 11.0 Å². The third-order valence-corrected chi connectivity index (χ3v) is 3.19. The van der Waals surface area contributed by atoms with Gasteiger partial charge >= 0.3 is 5.63 Å². The minimum Gasteiger partial charge on any atom is -0.507 e. The molecule has 2 heterocycles. The zero-order valence-corrected chi connectivity index (χ0v) is 9.85. The van der Waals surface area contributed by atoms with Crippen LogP contribution in [0.3, 0.4) is 0 Å². The van der Waals surface area contributed by atoms with Crippen LogP contribution in [0.2, 0.25) is 0 Å². The topological polar surface area (TPSA) is 65.7 Å². The zero-order chi connectivity index (χ0) is 12.5.